The molecule has 2 heterocycles. The van der Waals surface area contributed by atoms with Crippen molar-refractivity contribution in [2.24, 2.45) is 10.8 Å². The first-order valence-corrected chi connectivity index (χ1v) is 7.20. The van der Waals surface area contributed by atoms with Crippen molar-refractivity contribution < 1.29 is 4.79 Å². The molecular formula is C13H16N6OS. The van der Waals surface area contributed by atoms with E-state index in [4.69, 9.17) is 11.5 Å². The van der Waals surface area contributed by atoms with Gasteiger partial charge in [0.15, 0.2) is 0 Å². The van der Waals surface area contributed by atoms with Crippen LogP contribution in [0.1, 0.15) is 18.4 Å². The first kappa shape index (κ1) is 14.9. The highest BCUT2D eigenvalue weighted by atomic mass is 32.1. The molecule has 7 nitrogen and oxygen atoms in total. The Morgan fingerprint density at radius 3 is 2.38 bits per heavy atom. The van der Waals surface area contributed by atoms with Crippen molar-refractivity contribution in [1.82, 2.24) is 10.2 Å². The van der Waals surface area contributed by atoms with Gasteiger partial charge in [0.25, 0.3) is 5.91 Å². The monoisotopic (exact) mass is 304 g/mol. The molecule has 1 aliphatic rings. The minimum Gasteiger partial charge on any atom is -0.385 e. The number of para-hydroxylation sites is 1. The molecule has 0 saturated carbocycles. The van der Waals surface area contributed by atoms with Gasteiger partial charge in [0, 0.05) is 0 Å². The van der Waals surface area contributed by atoms with Crippen molar-refractivity contribution in [2.45, 2.75) is 19.8 Å². The third-order valence-electron chi connectivity index (χ3n) is 2.58. The number of hydrogen-bond donors (Lipinski definition) is 2. The van der Waals surface area contributed by atoms with Crippen LogP contribution in [-0.2, 0) is 11.2 Å². The fourth-order valence-corrected chi connectivity index (χ4v) is 2.18. The second kappa shape index (κ2) is 6.80. The maximum Gasteiger partial charge on any atom is 0.255 e. The standard InChI is InChI=1S/C9H9N3O.C4H7N3S/c10-8-6-9(13)12(11-8)7-4-2-1-3-5-7;1-2-3-6-7-4(5)8-3/h1-5H,6H2,(H2,10,11);2H2,1H3,(H2,5,7). The largest absolute Gasteiger partial charge is 0.385 e. The molecule has 0 bridgehead atoms. The number of nitrogens with two attached hydrogens (primary N) is 2. The van der Waals surface area contributed by atoms with Gasteiger partial charge in [-0.2, -0.15) is 10.1 Å². The summed E-state index contributed by atoms with van der Waals surface area (Å²) in [7, 11) is 0. The molecule has 110 valence electrons. The number of benzene rings is 1. The normalized spacial score (nSPS) is 13.7. The molecule has 4 N–H and O–H groups in total. The lowest BCUT2D eigenvalue weighted by Gasteiger charge is -2.10. The molecule has 0 aliphatic carbocycles. The van der Waals surface area contributed by atoms with Crippen LogP contribution in [0.5, 0.6) is 0 Å². The number of carbonyl (C=O) groups excluding carboxylic acids is 1. The third-order valence-corrected chi connectivity index (χ3v) is 3.48. The van der Waals surface area contributed by atoms with Gasteiger partial charge in [-0.25, -0.2) is 0 Å². The summed E-state index contributed by atoms with van der Waals surface area (Å²) in [5.74, 6) is 0.289. The maximum absolute atomic E-state index is 11.3. The van der Waals surface area contributed by atoms with Gasteiger partial charge in [-0.3, -0.25) is 4.79 Å². The lowest BCUT2D eigenvalue weighted by molar-refractivity contribution is -0.116. The molecule has 1 amide bonds. The summed E-state index contributed by atoms with van der Waals surface area (Å²) in [5.41, 5.74) is 11.5. The highest BCUT2D eigenvalue weighted by Crippen LogP contribution is 2.18. The van der Waals surface area contributed by atoms with Gasteiger partial charge >= 0.3 is 0 Å². The Balaban J connectivity index is 0.000000173. The molecule has 0 spiro atoms. The summed E-state index contributed by atoms with van der Waals surface area (Å²) in [6.07, 6.45) is 1.14. The van der Waals surface area contributed by atoms with Crippen molar-refractivity contribution in [3.63, 3.8) is 0 Å². The SMILES string of the molecule is CCc1nnc(N)s1.NC1=NN(c2ccccc2)C(=O)C1. The van der Waals surface area contributed by atoms with Crippen LogP contribution in [0.25, 0.3) is 0 Å². The van der Waals surface area contributed by atoms with Crippen molar-refractivity contribution in [1.29, 1.82) is 0 Å². The van der Waals surface area contributed by atoms with E-state index in [2.05, 4.69) is 15.3 Å². The number of hydrazone groups is 1. The van der Waals surface area contributed by atoms with Gasteiger partial charge in [0.2, 0.25) is 5.13 Å². The number of amidine groups is 1. The number of carbonyl (C=O) groups is 1. The zero-order valence-electron chi connectivity index (χ0n) is 11.6. The van der Waals surface area contributed by atoms with Crippen LogP contribution in [0.4, 0.5) is 10.8 Å². The summed E-state index contributed by atoms with van der Waals surface area (Å²) >= 11 is 1.44. The first-order valence-electron chi connectivity index (χ1n) is 6.39. The molecule has 21 heavy (non-hydrogen) atoms. The number of aromatic nitrogens is 2. The topological polar surface area (TPSA) is 110 Å². The number of aryl methyl sites for hydroxylation is 1. The van der Waals surface area contributed by atoms with Crippen LogP contribution in [-0.4, -0.2) is 21.9 Å². The smallest absolute Gasteiger partial charge is 0.255 e. The molecule has 2 aromatic rings. The van der Waals surface area contributed by atoms with Gasteiger partial charge in [-0.05, 0) is 18.6 Å². The Bertz CT molecular complexity index is 639. The van der Waals surface area contributed by atoms with E-state index in [1.165, 1.54) is 16.3 Å². The minimum atomic E-state index is -0.0799. The summed E-state index contributed by atoms with van der Waals surface area (Å²) in [6, 6.07) is 9.23. The third kappa shape index (κ3) is 3.99. The number of amides is 1. The summed E-state index contributed by atoms with van der Waals surface area (Å²) in [5, 5.41) is 14.2. The Morgan fingerprint density at radius 2 is 1.95 bits per heavy atom. The van der Waals surface area contributed by atoms with Crippen LogP contribution >= 0.6 is 11.3 Å². The van der Waals surface area contributed by atoms with E-state index in [0.717, 1.165) is 17.1 Å². The molecular weight excluding hydrogens is 288 g/mol. The lowest BCUT2D eigenvalue weighted by Crippen LogP contribution is -2.19. The number of nitrogens with zero attached hydrogens (tertiary/aromatic N) is 4. The van der Waals surface area contributed by atoms with E-state index >= 15 is 0 Å². The van der Waals surface area contributed by atoms with Crippen LogP contribution in [0.3, 0.4) is 0 Å². The van der Waals surface area contributed by atoms with Gasteiger partial charge in [-0.15, -0.1) is 10.2 Å². The Kier molecular flexibility index (Phi) is 4.83. The minimum absolute atomic E-state index is 0.0799. The summed E-state index contributed by atoms with van der Waals surface area (Å²) in [4.78, 5) is 11.3. The lowest BCUT2D eigenvalue weighted by atomic mass is 10.3. The fourth-order valence-electron chi connectivity index (χ4n) is 1.63. The Morgan fingerprint density at radius 1 is 1.24 bits per heavy atom. The number of nitrogen functional groups attached to an aromatic ring is 1. The molecule has 0 atom stereocenters. The van der Waals surface area contributed by atoms with Crippen LogP contribution in [0.2, 0.25) is 0 Å². The van der Waals surface area contributed by atoms with E-state index in [1.54, 1.807) is 0 Å². The second-order valence-electron chi connectivity index (χ2n) is 4.20. The van der Waals surface area contributed by atoms with E-state index in [9.17, 15) is 4.79 Å². The molecule has 0 unspecified atom stereocenters. The number of anilines is 2. The van der Waals surface area contributed by atoms with Crippen molar-refractivity contribution in [2.75, 3.05) is 10.7 Å². The predicted molar refractivity (Wildman–Crippen MR) is 83.9 cm³/mol. The van der Waals surface area contributed by atoms with Gasteiger partial charge in [0.1, 0.15) is 10.8 Å². The highest BCUT2D eigenvalue weighted by molar-refractivity contribution is 7.15. The first-order chi connectivity index (χ1) is 10.1. The van der Waals surface area contributed by atoms with Crippen LogP contribution < -0.4 is 16.5 Å². The molecule has 1 aromatic carbocycles. The Hall–Kier alpha value is -2.48. The fraction of sp³-hybridized carbons (Fsp3) is 0.231. The number of rotatable bonds is 2. The zero-order chi connectivity index (χ0) is 15.2. The van der Waals surface area contributed by atoms with E-state index in [1.807, 2.05) is 37.3 Å². The van der Waals surface area contributed by atoms with Gasteiger partial charge in [0.05, 0.1) is 12.1 Å². The zero-order valence-corrected chi connectivity index (χ0v) is 12.4. The van der Waals surface area contributed by atoms with E-state index in [-0.39, 0.29) is 12.3 Å². The quantitative estimate of drug-likeness (QED) is 0.870. The van der Waals surface area contributed by atoms with Gasteiger partial charge in [-0.1, -0.05) is 36.5 Å². The maximum atomic E-state index is 11.3. The van der Waals surface area contributed by atoms with Gasteiger partial charge < -0.3 is 11.5 Å². The second-order valence-corrected chi connectivity index (χ2v) is 5.29. The molecule has 1 aromatic heterocycles. The molecule has 1 aliphatic heterocycles. The average molecular weight is 304 g/mol. The van der Waals surface area contributed by atoms with E-state index in [0.29, 0.717) is 11.0 Å². The Labute approximate surface area is 126 Å². The van der Waals surface area contributed by atoms with Crippen LogP contribution in [0, 0.1) is 0 Å². The predicted octanol–water partition coefficient (Wildman–Crippen LogP) is 1.38. The van der Waals surface area contributed by atoms with Crippen molar-refractivity contribution in [3.05, 3.63) is 35.3 Å². The summed E-state index contributed by atoms with van der Waals surface area (Å²) < 4.78 is 0. The van der Waals surface area contributed by atoms with Crippen molar-refractivity contribution in [3.8, 4) is 0 Å². The average Bonchev–Trinajstić information content (AvgIpc) is 3.06. The molecule has 8 heteroatoms. The molecule has 0 radical (unpaired) electrons. The molecule has 0 fully saturated rings. The summed E-state index contributed by atoms with van der Waals surface area (Å²) in [6.45, 7) is 2.03. The number of hydrogen-bond acceptors (Lipinski definition) is 7. The van der Waals surface area contributed by atoms with E-state index < -0.39 is 0 Å². The van der Waals surface area contributed by atoms with Crippen LogP contribution in [0.15, 0.2) is 35.4 Å². The highest BCUT2D eigenvalue weighted by Gasteiger charge is 2.22. The molecule has 3 rings (SSSR count). The molecule has 0 saturated heterocycles. The van der Waals surface area contributed by atoms with Crippen molar-refractivity contribution >= 4 is 33.9 Å².